The van der Waals surface area contributed by atoms with Gasteiger partial charge in [0.2, 0.25) is 0 Å². The van der Waals surface area contributed by atoms with E-state index in [1.165, 1.54) is 0 Å². The summed E-state index contributed by atoms with van der Waals surface area (Å²) >= 11 is 5.11. The van der Waals surface area contributed by atoms with E-state index in [4.69, 9.17) is 15.7 Å². The molecule has 1 aromatic carbocycles. The first-order valence-corrected chi connectivity index (χ1v) is 7.27. The van der Waals surface area contributed by atoms with Crippen LogP contribution < -0.4 is 10.5 Å². The summed E-state index contributed by atoms with van der Waals surface area (Å²) in [6.07, 6.45) is 3.02. The SMILES string of the molecule is CSCCCOc1ccc(Br)cc1/C(N)=N/O. The highest BCUT2D eigenvalue weighted by atomic mass is 79.9. The van der Waals surface area contributed by atoms with Crippen molar-refractivity contribution in [2.45, 2.75) is 6.42 Å². The van der Waals surface area contributed by atoms with Gasteiger partial charge < -0.3 is 15.7 Å². The number of thioether (sulfide) groups is 1. The van der Waals surface area contributed by atoms with Crippen molar-refractivity contribution < 1.29 is 9.94 Å². The Morgan fingerprint density at radius 3 is 3.00 bits per heavy atom. The molecule has 0 aliphatic rings. The first-order valence-electron chi connectivity index (χ1n) is 5.08. The zero-order chi connectivity index (χ0) is 12.7. The highest BCUT2D eigenvalue weighted by molar-refractivity contribution is 9.10. The normalized spacial score (nSPS) is 11.5. The monoisotopic (exact) mass is 318 g/mol. The maximum Gasteiger partial charge on any atom is 0.173 e. The van der Waals surface area contributed by atoms with Gasteiger partial charge in [-0.1, -0.05) is 21.1 Å². The number of benzene rings is 1. The van der Waals surface area contributed by atoms with Gasteiger partial charge in [-0.25, -0.2) is 0 Å². The Morgan fingerprint density at radius 2 is 2.35 bits per heavy atom. The molecule has 4 nitrogen and oxygen atoms in total. The molecule has 0 amide bonds. The second-order valence-electron chi connectivity index (χ2n) is 3.32. The van der Waals surface area contributed by atoms with E-state index in [1.54, 1.807) is 23.9 Å². The Balaban J connectivity index is 2.76. The number of amidine groups is 1. The smallest absolute Gasteiger partial charge is 0.173 e. The fourth-order valence-corrected chi connectivity index (χ4v) is 2.04. The number of halogens is 1. The van der Waals surface area contributed by atoms with Gasteiger partial charge in [0.1, 0.15) is 5.75 Å². The van der Waals surface area contributed by atoms with Gasteiger partial charge in [-0.3, -0.25) is 0 Å². The lowest BCUT2D eigenvalue weighted by atomic mass is 10.2. The number of ether oxygens (including phenoxy) is 1. The number of oxime groups is 1. The molecule has 1 rings (SSSR count). The molecule has 0 bridgehead atoms. The lowest BCUT2D eigenvalue weighted by Crippen LogP contribution is -2.15. The van der Waals surface area contributed by atoms with Gasteiger partial charge in [-0.05, 0) is 36.6 Å². The Bertz CT molecular complexity index is 399. The Morgan fingerprint density at radius 1 is 1.59 bits per heavy atom. The Kier molecular flexibility index (Phi) is 6.21. The van der Waals surface area contributed by atoms with Crippen LogP contribution in [0, 0.1) is 0 Å². The second-order valence-corrected chi connectivity index (χ2v) is 5.22. The highest BCUT2D eigenvalue weighted by Gasteiger charge is 2.09. The van der Waals surface area contributed by atoms with Crippen LogP contribution >= 0.6 is 27.7 Å². The summed E-state index contributed by atoms with van der Waals surface area (Å²) in [5, 5.41) is 11.7. The molecule has 0 atom stereocenters. The topological polar surface area (TPSA) is 67.8 Å². The summed E-state index contributed by atoms with van der Waals surface area (Å²) < 4.78 is 6.47. The maximum atomic E-state index is 8.70. The van der Waals surface area contributed by atoms with Crippen LogP contribution in [0.1, 0.15) is 12.0 Å². The minimum atomic E-state index is 0.0474. The molecule has 0 aromatic heterocycles. The standard InChI is InChI=1S/C11H15BrN2O2S/c1-17-6-2-5-16-10-4-3-8(12)7-9(10)11(13)14-15/h3-4,7,15H,2,5-6H2,1H3,(H2,13,14). The minimum absolute atomic E-state index is 0.0474. The van der Waals surface area contributed by atoms with E-state index in [1.807, 2.05) is 6.07 Å². The van der Waals surface area contributed by atoms with Crippen LogP contribution in [-0.2, 0) is 0 Å². The maximum absolute atomic E-state index is 8.70. The zero-order valence-corrected chi connectivity index (χ0v) is 11.9. The third-order valence-electron chi connectivity index (χ3n) is 2.08. The number of hydrogen-bond acceptors (Lipinski definition) is 4. The van der Waals surface area contributed by atoms with Crippen molar-refractivity contribution in [3.8, 4) is 5.75 Å². The molecule has 0 heterocycles. The molecule has 0 saturated heterocycles. The molecular formula is C11H15BrN2O2S. The Labute approximate surface area is 113 Å². The van der Waals surface area contributed by atoms with E-state index in [0.717, 1.165) is 16.6 Å². The third-order valence-corrected chi connectivity index (χ3v) is 3.27. The molecule has 6 heteroatoms. The largest absolute Gasteiger partial charge is 0.493 e. The molecule has 0 aliphatic heterocycles. The quantitative estimate of drug-likeness (QED) is 0.278. The van der Waals surface area contributed by atoms with E-state index in [0.29, 0.717) is 17.9 Å². The molecule has 0 spiro atoms. The van der Waals surface area contributed by atoms with Crippen LogP contribution in [0.2, 0.25) is 0 Å². The van der Waals surface area contributed by atoms with Crippen molar-refractivity contribution in [2.75, 3.05) is 18.6 Å². The molecule has 0 fully saturated rings. The fourth-order valence-electron chi connectivity index (χ4n) is 1.27. The predicted molar refractivity (Wildman–Crippen MR) is 75.1 cm³/mol. The molecule has 0 aliphatic carbocycles. The molecule has 0 unspecified atom stereocenters. The first-order chi connectivity index (χ1) is 8.19. The van der Waals surface area contributed by atoms with Crippen molar-refractivity contribution in [3.63, 3.8) is 0 Å². The van der Waals surface area contributed by atoms with Crippen molar-refractivity contribution >= 4 is 33.5 Å². The van der Waals surface area contributed by atoms with Crippen LogP contribution in [0.15, 0.2) is 27.8 Å². The molecule has 0 saturated carbocycles. The van der Waals surface area contributed by atoms with Crippen LogP contribution in [0.25, 0.3) is 0 Å². The predicted octanol–water partition coefficient (Wildman–Crippen LogP) is 2.68. The fraction of sp³-hybridized carbons (Fsp3) is 0.364. The number of nitrogens with two attached hydrogens (primary N) is 1. The van der Waals surface area contributed by atoms with E-state index in [2.05, 4.69) is 27.3 Å². The average Bonchev–Trinajstić information content (AvgIpc) is 2.35. The van der Waals surface area contributed by atoms with Crippen LogP contribution in [-0.4, -0.2) is 29.7 Å². The van der Waals surface area contributed by atoms with Crippen LogP contribution in [0.4, 0.5) is 0 Å². The zero-order valence-electron chi connectivity index (χ0n) is 9.52. The Hall–Kier alpha value is -0.880. The summed E-state index contributed by atoms with van der Waals surface area (Å²) in [5.41, 5.74) is 6.18. The molecule has 3 N–H and O–H groups in total. The summed E-state index contributed by atoms with van der Waals surface area (Å²) in [6.45, 7) is 0.619. The summed E-state index contributed by atoms with van der Waals surface area (Å²) in [6, 6.07) is 5.42. The number of nitrogens with zero attached hydrogens (tertiary/aromatic N) is 1. The van der Waals surface area contributed by atoms with Gasteiger partial charge in [-0.2, -0.15) is 11.8 Å². The van der Waals surface area contributed by atoms with E-state index in [9.17, 15) is 0 Å². The third kappa shape index (κ3) is 4.47. The second kappa shape index (κ2) is 7.45. The lowest BCUT2D eigenvalue weighted by molar-refractivity contribution is 0.312. The van der Waals surface area contributed by atoms with E-state index < -0.39 is 0 Å². The van der Waals surface area contributed by atoms with Gasteiger partial charge in [0.15, 0.2) is 5.84 Å². The van der Waals surface area contributed by atoms with Crippen molar-refractivity contribution in [2.24, 2.45) is 10.9 Å². The van der Waals surface area contributed by atoms with Gasteiger partial charge >= 0.3 is 0 Å². The van der Waals surface area contributed by atoms with Crippen molar-refractivity contribution in [3.05, 3.63) is 28.2 Å². The van der Waals surface area contributed by atoms with Gasteiger partial charge in [0, 0.05) is 4.47 Å². The summed E-state index contributed by atoms with van der Waals surface area (Å²) in [5.74, 6) is 1.73. The first kappa shape index (κ1) is 14.2. The van der Waals surface area contributed by atoms with Crippen molar-refractivity contribution in [1.82, 2.24) is 0 Å². The van der Waals surface area contributed by atoms with Gasteiger partial charge in [0.05, 0.1) is 12.2 Å². The minimum Gasteiger partial charge on any atom is -0.493 e. The molecule has 94 valence electrons. The molecule has 1 aromatic rings. The molecule has 0 radical (unpaired) electrons. The van der Waals surface area contributed by atoms with Crippen molar-refractivity contribution in [1.29, 1.82) is 0 Å². The summed E-state index contributed by atoms with van der Waals surface area (Å²) in [7, 11) is 0. The van der Waals surface area contributed by atoms with E-state index in [-0.39, 0.29) is 5.84 Å². The van der Waals surface area contributed by atoms with Crippen LogP contribution in [0.3, 0.4) is 0 Å². The highest BCUT2D eigenvalue weighted by Crippen LogP contribution is 2.23. The number of rotatable bonds is 6. The van der Waals surface area contributed by atoms with Gasteiger partial charge in [0.25, 0.3) is 0 Å². The average molecular weight is 319 g/mol. The van der Waals surface area contributed by atoms with E-state index >= 15 is 0 Å². The van der Waals surface area contributed by atoms with Gasteiger partial charge in [-0.15, -0.1) is 0 Å². The summed E-state index contributed by atoms with van der Waals surface area (Å²) in [4.78, 5) is 0. The van der Waals surface area contributed by atoms with Crippen LogP contribution in [0.5, 0.6) is 5.75 Å². The number of hydrogen-bond donors (Lipinski definition) is 2. The molecule has 17 heavy (non-hydrogen) atoms. The molecular weight excluding hydrogens is 304 g/mol. The lowest BCUT2D eigenvalue weighted by Gasteiger charge is -2.10.